The van der Waals surface area contributed by atoms with Crippen molar-refractivity contribution in [2.75, 3.05) is 16.6 Å². The summed E-state index contributed by atoms with van der Waals surface area (Å²) < 4.78 is 3.27. The monoisotopic (exact) mass is 317 g/mol. The van der Waals surface area contributed by atoms with Gasteiger partial charge in [-0.15, -0.1) is 11.6 Å². The lowest BCUT2D eigenvalue weighted by atomic mass is 10.3. The molecule has 1 aliphatic rings. The Labute approximate surface area is 129 Å². The van der Waals surface area contributed by atoms with Crippen LogP contribution in [0.1, 0.15) is 11.9 Å². The lowest BCUT2D eigenvalue weighted by molar-refractivity contribution is 0.672. The SMILES string of the molecule is N=c1nc2c(cnn2CCCl)c2n1NC(c1cnccn1)N2. The number of fused-ring (bicyclic) bond motifs is 3. The molecule has 3 N–H and O–H groups in total. The maximum Gasteiger partial charge on any atom is 0.244 e. The zero-order valence-corrected chi connectivity index (χ0v) is 12.1. The highest BCUT2D eigenvalue weighted by atomic mass is 35.5. The van der Waals surface area contributed by atoms with E-state index in [0.717, 1.165) is 16.9 Å². The van der Waals surface area contributed by atoms with Gasteiger partial charge in [-0.05, 0) is 0 Å². The first-order valence-electron chi connectivity index (χ1n) is 6.66. The van der Waals surface area contributed by atoms with Crippen molar-refractivity contribution in [3.05, 3.63) is 36.1 Å². The van der Waals surface area contributed by atoms with Gasteiger partial charge in [-0.1, -0.05) is 0 Å². The number of nitrogens with one attached hydrogen (secondary N) is 3. The summed E-state index contributed by atoms with van der Waals surface area (Å²) in [5, 5.41) is 16.5. The fourth-order valence-corrected chi connectivity index (χ4v) is 2.61. The van der Waals surface area contributed by atoms with Crippen molar-refractivity contribution in [3.63, 3.8) is 0 Å². The van der Waals surface area contributed by atoms with Gasteiger partial charge in [-0.2, -0.15) is 10.1 Å². The molecular formula is C12H12ClN9. The van der Waals surface area contributed by atoms with Gasteiger partial charge < -0.3 is 5.32 Å². The first-order chi connectivity index (χ1) is 10.8. The van der Waals surface area contributed by atoms with E-state index in [4.69, 9.17) is 17.0 Å². The predicted octanol–water partition coefficient (Wildman–Crippen LogP) is 0.409. The quantitative estimate of drug-likeness (QED) is 0.604. The van der Waals surface area contributed by atoms with Gasteiger partial charge in [0, 0.05) is 18.3 Å². The molecular weight excluding hydrogens is 306 g/mol. The molecule has 0 aliphatic carbocycles. The molecule has 1 unspecified atom stereocenters. The summed E-state index contributed by atoms with van der Waals surface area (Å²) in [6.45, 7) is 0.544. The summed E-state index contributed by atoms with van der Waals surface area (Å²) in [4.78, 5) is 12.6. The molecule has 4 heterocycles. The van der Waals surface area contributed by atoms with E-state index in [-0.39, 0.29) is 11.8 Å². The molecule has 4 rings (SSSR count). The highest BCUT2D eigenvalue weighted by Crippen LogP contribution is 2.27. The smallest absolute Gasteiger partial charge is 0.244 e. The van der Waals surface area contributed by atoms with Crippen LogP contribution in [0.2, 0.25) is 0 Å². The van der Waals surface area contributed by atoms with Gasteiger partial charge in [-0.25, -0.2) is 9.36 Å². The minimum Gasteiger partial charge on any atom is -0.343 e. The molecule has 0 fully saturated rings. The zero-order chi connectivity index (χ0) is 15.1. The van der Waals surface area contributed by atoms with Gasteiger partial charge >= 0.3 is 0 Å². The minimum atomic E-state index is -0.276. The number of alkyl halides is 1. The van der Waals surface area contributed by atoms with E-state index < -0.39 is 0 Å². The summed E-state index contributed by atoms with van der Waals surface area (Å²) in [6, 6.07) is 0. The molecule has 9 nitrogen and oxygen atoms in total. The molecule has 0 radical (unpaired) electrons. The third-order valence-corrected chi connectivity index (χ3v) is 3.60. The highest BCUT2D eigenvalue weighted by Gasteiger charge is 2.26. The molecule has 0 amide bonds. The average molecular weight is 318 g/mol. The van der Waals surface area contributed by atoms with E-state index >= 15 is 0 Å². The number of halogens is 1. The number of aromatic nitrogens is 6. The zero-order valence-electron chi connectivity index (χ0n) is 11.4. The van der Waals surface area contributed by atoms with Crippen molar-refractivity contribution < 1.29 is 0 Å². The molecule has 0 spiro atoms. The van der Waals surface area contributed by atoms with Crippen molar-refractivity contribution in [2.24, 2.45) is 0 Å². The van der Waals surface area contributed by atoms with E-state index in [0.29, 0.717) is 18.1 Å². The number of aryl methyl sites for hydroxylation is 1. The maximum atomic E-state index is 8.09. The molecule has 0 saturated heterocycles. The standard InChI is InChI=1S/C12H12ClN9/c13-1-4-21-10-7(5-17-21)11-18-9(8-6-15-2-3-16-8)20-22(11)12(14)19-10/h2-3,5-6,9,14,18,20H,1,4H2. The van der Waals surface area contributed by atoms with Crippen molar-refractivity contribution in [2.45, 2.75) is 12.7 Å². The van der Waals surface area contributed by atoms with E-state index in [2.05, 4.69) is 30.8 Å². The summed E-state index contributed by atoms with van der Waals surface area (Å²) in [6.07, 6.45) is 6.35. The molecule has 1 atom stereocenters. The minimum absolute atomic E-state index is 0.0812. The molecule has 10 heteroatoms. The second kappa shape index (κ2) is 4.95. The summed E-state index contributed by atoms with van der Waals surface area (Å²) in [5.41, 5.74) is 4.58. The van der Waals surface area contributed by atoms with Crippen LogP contribution in [0.15, 0.2) is 24.8 Å². The van der Waals surface area contributed by atoms with Crippen LogP contribution in [0, 0.1) is 5.41 Å². The van der Waals surface area contributed by atoms with E-state index in [9.17, 15) is 0 Å². The molecule has 3 aromatic rings. The van der Waals surface area contributed by atoms with Crippen LogP contribution in [0.25, 0.3) is 11.0 Å². The molecule has 0 aromatic carbocycles. The Morgan fingerprint density at radius 3 is 3.00 bits per heavy atom. The van der Waals surface area contributed by atoms with Gasteiger partial charge in [0.1, 0.15) is 11.5 Å². The summed E-state index contributed by atoms with van der Waals surface area (Å²) >= 11 is 5.77. The molecule has 3 aromatic heterocycles. The van der Waals surface area contributed by atoms with Gasteiger partial charge in [0.15, 0.2) is 11.8 Å². The van der Waals surface area contributed by atoms with Crippen molar-refractivity contribution in [1.29, 1.82) is 5.41 Å². The van der Waals surface area contributed by atoms with Crippen LogP contribution in [0.5, 0.6) is 0 Å². The van der Waals surface area contributed by atoms with Crippen LogP contribution >= 0.6 is 11.6 Å². The third kappa shape index (κ3) is 1.90. The van der Waals surface area contributed by atoms with Gasteiger partial charge in [-0.3, -0.25) is 20.8 Å². The highest BCUT2D eigenvalue weighted by molar-refractivity contribution is 6.17. The third-order valence-electron chi connectivity index (χ3n) is 3.43. The number of hydrogen-bond acceptors (Lipinski definition) is 7. The maximum absolute atomic E-state index is 8.09. The van der Waals surface area contributed by atoms with Crippen LogP contribution < -0.4 is 16.4 Å². The van der Waals surface area contributed by atoms with Crippen LogP contribution in [0.4, 0.5) is 5.82 Å². The van der Waals surface area contributed by atoms with Crippen LogP contribution in [0.3, 0.4) is 0 Å². The lowest BCUT2D eigenvalue weighted by Gasteiger charge is -2.09. The second-order valence-corrected chi connectivity index (χ2v) is 5.13. The summed E-state index contributed by atoms with van der Waals surface area (Å²) in [5.74, 6) is 1.16. The second-order valence-electron chi connectivity index (χ2n) is 4.75. The summed E-state index contributed by atoms with van der Waals surface area (Å²) in [7, 11) is 0. The predicted molar refractivity (Wildman–Crippen MR) is 79.8 cm³/mol. The molecule has 0 bridgehead atoms. The Kier molecular flexibility index (Phi) is 2.93. The number of rotatable bonds is 3. The number of hydrogen-bond donors (Lipinski definition) is 3. The van der Waals surface area contributed by atoms with E-state index in [1.54, 1.807) is 34.1 Å². The van der Waals surface area contributed by atoms with Gasteiger partial charge in [0.25, 0.3) is 0 Å². The van der Waals surface area contributed by atoms with Gasteiger partial charge in [0.2, 0.25) is 5.62 Å². The van der Waals surface area contributed by atoms with Crippen molar-refractivity contribution >= 4 is 28.5 Å². The van der Waals surface area contributed by atoms with Gasteiger partial charge in [0.05, 0.1) is 24.3 Å². The molecule has 1 aliphatic heterocycles. The Bertz CT molecular complexity index is 885. The molecule has 0 saturated carbocycles. The largest absolute Gasteiger partial charge is 0.343 e. The van der Waals surface area contributed by atoms with E-state index in [1.165, 1.54) is 0 Å². The van der Waals surface area contributed by atoms with E-state index in [1.807, 2.05) is 0 Å². The Morgan fingerprint density at radius 1 is 1.32 bits per heavy atom. The topological polar surface area (TPSA) is 109 Å². The number of nitrogens with zero attached hydrogens (tertiary/aromatic N) is 6. The number of anilines is 1. The Morgan fingerprint density at radius 2 is 2.23 bits per heavy atom. The average Bonchev–Trinajstić information content (AvgIpc) is 3.14. The molecule has 22 heavy (non-hydrogen) atoms. The Hall–Kier alpha value is -2.68. The fourth-order valence-electron chi connectivity index (χ4n) is 2.45. The lowest BCUT2D eigenvalue weighted by Crippen LogP contribution is -2.29. The first-order valence-corrected chi connectivity index (χ1v) is 7.19. The van der Waals surface area contributed by atoms with Crippen molar-refractivity contribution in [3.8, 4) is 0 Å². The van der Waals surface area contributed by atoms with Crippen LogP contribution in [-0.4, -0.2) is 35.3 Å². The van der Waals surface area contributed by atoms with Crippen molar-refractivity contribution in [1.82, 2.24) is 29.4 Å². The fraction of sp³-hybridized carbons (Fsp3) is 0.250. The Balaban J connectivity index is 1.82. The normalized spacial score (nSPS) is 16.3. The molecule has 112 valence electrons. The first kappa shape index (κ1) is 13.0. The van der Waals surface area contributed by atoms with Crippen LogP contribution in [-0.2, 0) is 6.54 Å².